The Kier molecular flexibility index (Phi) is 7.22. The zero-order valence-electron chi connectivity index (χ0n) is 10.7. The maximum absolute atomic E-state index is 8.78. The van der Waals surface area contributed by atoms with Gasteiger partial charge in [-0.15, -0.1) is 0 Å². The van der Waals surface area contributed by atoms with E-state index in [0.717, 1.165) is 34.1 Å². The monoisotopic (exact) mass is 379 g/mol. The fourth-order valence-electron chi connectivity index (χ4n) is 1.70. The molecular weight excluding hydrogens is 362 g/mol. The molecule has 0 radical (unpaired) electrons. The van der Waals surface area contributed by atoms with Crippen LogP contribution < -0.4 is 10.1 Å². The minimum absolute atomic E-state index is 0.256. The molecule has 18 heavy (non-hydrogen) atoms. The van der Waals surface area contributed by atoms with Gasteiger partial charge in [0, 0.05) is 19.2 Å². The molecule has 0 bridgehead atoms. The number of ether oxygens (including phenoxy) is 1. The third-order valence-corrected chi connectivity index (χ3v) is 3.89. The SMILES string of the molecule is COc1c(Br)cc(CNC(C)CCCO)cc1Br. The number of halogens is 2. The van der Waals surface area contributed by atoms with Crippen molar-refractivity contribution < 1.29 is 9.84 Å². The van der Waals surface area contributed by atoms with Gasteiger partial charge in [-0.05, 0) is 69.3 Å². The van der Waals surface area contributed by atoms with Crippen LogP contribution in [0.15, 0.2) is 21.1 Å². The molecule has 0 amide bonds. The Balaban J connectivity index is 2.58. The third kappa shape index (κ3) is 4.88. The van der Waals surface area contributed by atoms with Crippen molar-refractivity contribution in [2.24, 2.45) is 0 Å². The van der Waals surface area contributed by atoms with Gasteiger partial charge in [0.05, 0.1) is 16.1 Å². The summed E-state index contributed by atoms with van der Waals surface area (Å²) < 4.78 is 7.15. The molecule has 1 atom stereocenters. The lowest BCUT2D eigenvalue weighted by Crippen LogP contribution is -2.25. The van der Waals surface area contributed by atoms with Crippen molar-refractivity contribution in [3.63, 3.8) is 0 Å². The van der Waals surface area contributed by atoms with Crippen molar-refractivity contribution in [3.8, 4) is 5.75 Å². The quantitative estimate of drug-likeness (QED) is 0.760. The molecule has 0 spiro atoms. The summed E-state index contributed by atoms with van der Waals surface area (Å²) in [4.78, 5) is 0. The summed E-state index contributed by atoms with van der Waals surface area (Å²) in [5, 5.41) is 12.2. The molecule has 0 saturated carbocycles. The summed E-state index contributed by atoms with van der Waals surface area (Å²) in [5.74, 6) is 0.812. The summed E-state index contributed by atoms with van der Waals surface area (Å²) in [6.07, 6.45) is 1.82. The Bertz CT molecular complexity index is 362. The lowest BCUT2D eigenvalue weighted by molar-refractivity contribution is 0.276. The number of rotatable bonds is 7. The molecule has 1 rings (SSSR count). The van der Waals surface area contributed by atoms with Crippen LogP contribution in [0, 0.1) is 0 Å². The van der Waals surface area contributed by atoms with Crippen LogP contribution in [0.3, 0.4) is 0 Å². The smallest absolute Gasteiger partial charge is 0.147 e. The molecule has 0 heterocycles. The summed E-state index contributed by atoms with van der Waals surface area (Å²) in [5.41, 5.74) is 1.19. The molecule has 1 aromatic rings. The zero-order chi connectivity index (χ0) is 13.5. The van der Waals surface area contributed by atoms with Crippen molar-refractivity contribution in [2.45, 2.75) is 32.4 Å². The van der Waals surface area contributed by atoms with Gasteiger partial charge in [-0.3, -0.25) is 0 Å². The van der Waals surface area contributed by atoms with Crippen molar-refractivity contribution >= 4 is 31.9 Å². The topological polar surface area (TPSA) is 41.5 Å². The predicted octanol–water partition coefficient (Wildman–Crippen LogP) is 3.47. The lowest BCUT2D eigenvalue weighted by Gasteiger charge is -2.14. The fraction of sp³-hybridized carbons (Fsp3) is 0.538. The highest BCUT2D eigenvalue weighted by molar-refractivity contribution is 9.11. The van der Waals surface area contributed by atoms with E-state index in [0.29, 0.717) is 6.04 Å². The highest BCUT2D eigenvalue weighted by Crippen LogP contribution is 2.34. The van der Waals surface area contributed by atoms with E-state index in [-0.39, 0.29) is 6.61 Å². The first-order valence-corrected chi connectivity index (χ1v) is 7.53. The number of aliphatic hydroxyl groups excluding tert-OH is 1. The molecule has 2 N–H and O–H groups in total. The number of benzene rings is 1. The first-order valence-electron chi connectivity index (χ1n) is 5.94. The van der Waals surface area contributed by atoms with Crippen LogP contribution in [0.4, 0.5) is 0 Å². The van der Waals surface area contributed by atoms with Gasteiger partial charge in [0.25, 0.3) is 0 Å². The van der Waals surface area contributed by atoms with Gasteiger partial charge in [0.15, 0.2) is 0 Å². The lowest BCUT2D eigenvalue weighted by atomic mass is 10.1. The fourth-order valence-corrected chi connectivity index (χ4v) is 3.31. The Hall–Kier alpha value is -0.100. The van der Waals surface area contributed by atoms with Crippen molar-refractivity contribution in [1.29, 1.82) is 0 Å². The minimum Gasteiger partial charge on any atom is -0.494 e. The van der Waals surface area contributed by atoms with Gasteiger partial charge >= 0.3 is 0 Å². The Morgan fingerprint density at radius 1 is 1.33 bits per heavy atom. The van der Waals surface area contributed by atoms with Crippen LogP contribution in [0.1, 0.15) is 25.3 Å². The molecule has 102 valence electrons. The Morgan fingerprint density at radius 3 is 2.44 bits per heavy atom. The molecule has 0 aromatic heterocycles. The van der Waals surface area contributed by atoms with Crippen LogP contribution in [0.5, 0.6) is 5.75 Å². The average Bonchev–Trinajstić information content (AvgIpc) is 2.33. The second-order valence-electron chi connectivity index (χ2n) is 4.24. The number of hydrogen-bond acceptors (Lipinski definition) is 3. The van der Waals surface area contributed by atoms with Gasteiger partial charge in [-0.1, -0.05) is 0 Å². The highest BCUT2D eigenvalue weighted by Gasteiger charge is 2.08. The van der Waals surface area contributed by atoms with E-state index in [4.69, 9.17) is 9.84 Å². The summed E-state index contributed by atoms with van der Waals surface area (Å²) in [7, 11) is 1.65. The Morgan fingerprint density at radius 2 is 1.94 bits per heavy atom. The van der Waals surface area contributed by atoms with E-state index in [1.54, 1.807) is 7.11 Å². The van der Waals surface area contributed by atoms with Crippen LogP contribution in [0.2, 0.25) is 0 Å². The molecule has 0 saturated heterocycles. The van der Waals surface area contributed by atoms with Gasteiger partial charge in [-0.25, -0.2) is 0 Å². The van der Waals surface area contributed by atoms with E-state index in [1.165, 1.54) is 5.56 Å². The van der Waals surface area contributed by atoms with Crippen LogP contribution in [-0.4, -0.2) is 24.9 Å². The average molecular weight is 381 g/mol. The van der Waals surface area contributed by atoms with Crippen LogP contribution in [-0.2, 0) is 6.54 Å². The molecule has 0 aliphatic carbocycles. The van der Waals surface area contributed by atoms with Gasteiger partial charge in [0.1, 0.15) is 5.75 Å². The highest BCUT2D eigenvalue weighted by atomic mass is 79.9. The number of nitrogens with one attached hydrogen (secondary N) is 1. The summed E-state index contributed by atoms with van der Waals surface area (Å²) in [6.45, 7) is 3.18. The van der Waals surface area contributed by atoms with E-state index < -0.39 is 0 Å². The van der Waals surface area contributed by atoms with Gasteiger partial charge in [0.2, 0.25) is 0 Å². The number of methoxy groups -OCH3 is 1. The molecule has 1 unspecified atom stereocenters. The van der Waals surface area contributed by atoms with E-state index >= 15 is 0 Å². The van der Waals surface area contributed by atoms with Crippen molar-refractivity contribution in [1.82, 2.24) is 5.32 Å². The first-order chi connectivity index (χ1) is 8.58. The van der Waals surface area contributed by atoms with Crippen molar-refractivity contribution in [3.05, 3.63) is 26.6 Å². The first kappa shape index (κ1) is 16.0. The number of aliphatic hydroxyl groups is 1. The molecule has 0 fully saturated rings. The summed E-state index contributed by atoms with van der Waals surface area (Å²) in [6, 6.07) is 4.50. The van der Waals surface area contributed by atoms with Crippen LogP contribution >= 0.6 is 31.9 Å². The normalized spacial score (nSPS) is 12.5. The molecule has 1 aromatic carbocycles. The maximum atomic E-state index is 8.78. The molecule has 0 aliphatic rings. The molecule has 3 nitrogen and oxygen atoms in total. The molecular formula is C13H19Br2NO2. The predicted molar refractivity (Wildman–Crippen MR) is 81.0 cm³/mol. The summed E-state index contributed by atoms with van der Waals surface area (Å²) >= 11 is 6.98. The van der Waals surface area contributed by atoms with E-state index in [9.17, 15) is 0 Å². The second-order valence-corrected chi connectivity index (χ2v) is 5.95. The van der Waals surface area contributed by atoms with Crippen LogP contribution in [0.25, 0.3) is 0 Å². The molecule has 0 aliphatic heterocycles. The van der Waals surface area contributed by atoms with E-state index in [1.807, 2.05) is 0 Å². The number of hydrogen-bond donors (Lipinski definition) is 2. The third-order valence-electron chi connectivity index (χ3n) is 2.71. The standard InChI is InChI=1S/C13H19Br2NO2/c1-9(4-3-5-17)16-8-10-6-11(14)13(18-2)12(15)7-10/h6-7,9,16-17H,3-5,8H2,1-2H3. The minimum atomic E-state index is 0.256. The van der Waals surface area contributed by atoms with Gasteiger partial charge in [-0.2, -0.15) is 0 Å². The van der Waals surface area contributed by atoms with E-state index in [2.05, 4.69) is 56.2 Å². The maximum Gasteiger partial charge on any atom is 0.147 e. The Labute approximate surface area is 125 Å². The second kappa shape index (κ2) is 8.15. The van der Waals surface area contributed by atoms with Gasteiger partial charge < -0.3 is 15.2 Å². The zero-order valence-corrected chi connectivity index (χ0v) is 13.8. The largest absolute Gasteiger partial charge is 0.494 e. The molecule has 5 heteroatoms. The van der Waals surface area contributed by atoms with Crippen molar-refractivity contribution in [2.75, 3.05) is 13.7 Å².